The smallest absolute Gasteiger partial charge is 0.139 e. The highest BCUT2D eigenvalue weighted by molar-refractivity contribution is 5.87. The van der Waals surface area contributed by atoms with Crippen molar-refractivity contribution in [2.45, 2.75) is 58.3 Å². The summed E-state index contributed by atoms with van der Waals surface area (Å²) < 4.78 is 5.66. The molecule has 0 saturated heterocycles. The maximum absolute atomic E-state index is 12.4. The lowest BCUT2D eigenvalue weighted by molar-refractivity contribution is -0.129. The first-order chi connectivity index (χ1) is 10.6. The monoisotopic (exact) mass is 298 g/mol. The predicted molar refractivity (Wildman–Crippen MR) is 87.2 cm³/mol. The lowest BCUT2D eigenvalue weighted by Crippen LogP contribution is -2.42. The van der Waals surface area contributed by atoms with E-state index in [1.54, 1.807) is 5.56 Å². The highest BCUT2D eigenvalue weighted by Crippen LogP contribution is 2.59. The number of Topliss-reactive ketones (excluding diaryl/α,β-unsaturated/α-hetero) is 1. The van der Waals surface area contributed by atoms with Gasteiger partial charge in [0, 0.05) is 11.8 Å². The molecule has 0 N–H and O–H groups in total. The van der Waals surface area contributed by atoms with Gasteiger partial charge >= 0.3 is 0 Å². The van der Waals surface area contributed by atoms with Crippen LogP contribution in [0.4, 0.5) is 0 Å². The third kappa shape index (κ3) is 1.96. The van der Waals surface area contributed by atoms with Crippen LogP contribution in [-0.2, 0) is 11.2 Å². The zero-order chi connectivity index (χ0) is 15.3. The van der Waals surface area contributed by atoms with Crippen molar-refractivity contribution >= 4 is 5.78 Å². The molecule has 0 spiro atoms. The number of ether oxygens (including phenoxy) is 1. The molecule has 2 fully saturated rings. The Balaban J connectivity index is 1.66. The number of carbonyl (C=O) groups is 1. The Kier molecular flexibility index (Phi) is 3.32. The van der Waals surface area contributed by atoms with Gasteiger partial charge in [-0.1, -0.05) is 13.0 Å². The van der Waals surface area contributed by atoms with Crippen molar-refractivity contribution in [2.75, 3.05) is 6.61 Å². The summed E-state index contributed by atoms with van der Waals surface area (Å²) in [7, 11) is 0. The second-order valence-corrected chi connectivity index (χ2v) is 7.63. The van der Waals surface area contributed by atoms with E-state index in [0.717, 1.165) is 44.0 Å². The zero-order valence-corrected chi connectivity index (χ0v) is 13.7. The number of fused-ring (bicyclic) bond motifs is 5. The van der Waals surface area contributed by atoms with E-state index in [1.807, 2.05) is 6.92 Å². The van der Waals surface area contributed by atoms with Crippen molar-refractivity contribution in [3.8, 4) is 5.75 Å². The minimum atomic E-state index is -0.00999. The van der Waals surface area contributed by atoms with Gasteiger partial charge in [0.15, 0.2) is 0 Å². The molecule has 0 unspecified atom stereocenters. The molecule has 1 aromatic rings. The van der Waals surface area contributed by atoms with Crippen LogP contribution in [0.2, 0.25) is 0 Å². The summed E-state index contributed by atoms with van der Waals surface area (Å²) >= 11 is 0. The van der Waals surface area contributed by atoms with Crippen LogP contribution in [-0.4, -0.2) is 12.4 Å². The van der Waals surface area contributed by atoms with Gasteiger partial charge in [-0.15, -0.1) is 0 Å². The fourth-order valence-corrected chi connectivity index (χ4v) is 5.59. The Labute approximate surface area is 133 Å². The molecule has 2 nitrogen and oxygen atoms in total. The van der Waals surface area contributed by atoms with Crippen LogP contribution in [0.1, 0.15) is 63.0 Å². The summed E-state index contributed by atoms with van der Waals surface area (Å²) in [6.07, 6.45) is 6.62. The summed E-state index contributed by atoms with van der Waals surface area (Å²) in [5, 5.41) is 0. The molecule has 0 amide bonds. The first kappa shape index (κ1) is 14.3. The largest absolute Gasteiger partial charge is 0.494 e. The Bertz CT molecular complexity index is 606. The Morgan fingerprint density at radius 2 is 2.09 bits per heavy atom. The minimum Gasteiger partial charge on any atom is -0.494 e. The fraction of sp³-hybridized carbons (Fsp3) is 0.650. The van der Waals surface area contributed by atoms with E-state index in [9.17, 15) is 4.79 Å². The molecule has 3 aliphatic carbocycles. The molecule has 0 heterocycles. The highest BCUT2D eigenvalue weighted by atomic mass is 16.5. The SMILES string of the molecule is CCOc1ccc2c(c1)CC[C@@H]1[C@@H]2CC[C@@]2(C)C(=O)CC[C@@H]12. The predicted octanol–water partition coefficient (Wildman–Crippen LogP) is 4.51. The number of hydrogen-bond acceptors (Lipinski definition) is 2. The van der Waals surface area contributed by atoms with Crippen LogP contribution in [0.15, 0.2) is 18.2 Å². The molecule has 2 heteroatoms. The van der Waals surface area contributed by atoms with E-state index < -0.39 is 0 Å². The van der Waals surface area contributed by atoms with Gasteiger partial charge in [0.1, 0.15) is 11.5 Å². The molecule has 0 radical (unpaired) electrons. The summed E-state index contributed by atoms with van der Waals surface area (Å²) in [6, 6.07) is 6.69. The lowest BCUT2D eigenvalue weighted by atomic mass is 9.55. The molecule has 0 aliphatic heterocycles. The standard InChI is InChI=1S/C20H26O2/c1-3-22-14-5-7-15-13(12-14)4-6-17-16(15)10-11-20(2)18(17)8-9-19(20)21/h5,7,12,16-18H,3-4,6,8-11H2,1-2H3/t16-,17-,18+,20-/m1/s1. The second kappa shape index (κ2) is 5.11. The molecule has 4 atom stereocenters. The van der Waals surface area contributed by atoms with Gasteiger partial charge in [0.05, 0.1) is 6.61 Å². The topological polar surface area (TPSA) is 26.3 Å². The van der Waals surface area contributed by atoms with E-state index >= 15 is 0 Å². The van der Waals surface area contributed by atoms with Gasteiger partial charge in [-0.05, 0) is 80.0 Å². The number of benzene rings is 1. The van der Waals surface area contributed by atoms with E-state index in [-0.39, 0.29) is 5.41 Å². The van der Waals surface area contributed by atoms with Crippen LogP contribution >= 0.6 is 0 Å². The average Bonchev–Trinajstić information content (AvgIpc) is 2.83. The van der Waals surface area contributed by atoms with E-state index in [0.29, 0.717) is 17.6 Å². The number of hydrogen-bond donors (Lipinski definition) is 0. The van der Waals surface area contributed by atoms with Crippen molar-refractivity contribution < 1.29 is 9.53 Å². The van der Waals surface area contributed by atoms with Gasteiger partial charge in [-0.2, -0.15) is 0 Å². The molecule has 0 aromatic heterocycles. The average molecular weight is 298 g/mol. The molecular weight excluding hydrogens is 272 g/mol. The maximum Gasteiger partial charge on any atom is 0.139 e. The van der Waals surface area contributed by atoms with Gasteiger partial charge < -0.3 is 4.74 Å². The van der Waals surface area contributed by atoms with Gasteiger partial charge in [-0.3, -0.25) is 4.79 Å². The third-order valence-electron chi connectivity index (χ3n) is 6.72. The minimum absolute atomic E-state index is 0.00999. The highest BCUT2D eigenvalue weighted by Gasteiger charge is 2.54. The van der Waals surface area contributed by atoms with Crippen LogP contribution in [0, 0.1) is 17.3 Å². The first-order valence-electron chi connectivity index (χ1n) is 8.92. The van der Waals surface area contributed by atoms with Crippen molar-refractivity contribution in [3.63, 3.8) is 0 Å². The molecule has 1 aromatic carbocycles. The van der Waals surface area contributed by atoms with Gasteiger partial charge in [0.25, 0.3) is 0 Å². The second-order valence-electron chi connectivity index (χ2n) is 7.63. The summed E-state index contributed by atoms with van der Waals surface area (Å²) in [6.45, 7) is 5.01. The number of rotatable bonds is 2. The Hall–Kier alpha value is -1.31. The first-order valence-corrected chi connectivity index (χ1v) is 8.92. The summed E-state index contributed by atoms with van der Waals surface area (Å²) in [4.78, 5) is 12.4. The van der Waals surface area contributed by atoms with Crippen LogP contribution in [0.25, 0.3) is 0 Å². The molecule has 2 saturated carbocycles. The van der Waals surface area contributed by atoms with Gasteiger partial charge in [0.2, 0.25) is 0 Å². The lowest BCUT2D eigenvalue weighted by Gasteiger charge is -2.48. The van der Waals surface area contributed by atoms with E-state index in [4.69, 9.17) is 4.74 Å². The Morgan fingerprint density at radius 1 is 1.23 bits per heavy atom. The molecule has 4 rings (SSSR count). The molecular formula is C20H26O2. The fourth-order valence-electron chi connectivity index (χ4n) is 5.59. The van der Waals surface area contributed by atoms with Crippen molar-refractivity contribution in [3.05, 3.63) is 29.3 Å². The zero-order valence-electron chi connectivity index (χ0n) is 13.7. The van der Waals surface area contributed by atoms with Crippen molar-refractivity contribution in [1.82, 2.24) is 0 Å². The summed E-state index contributed by atoms with van der Waals surface area (Å²) in [5.41, 5.74) is 3.02. The maximum atomic E-state index is 12.4. The number of ketones is 1. The van der Waals surface area contributed by atoms with Gasteiger partial charge in [-0.25, -0.2) is 0 Å². The van der Waals surface area contributed by atoms with Crippen LogP contribution in [0.5, 0.6) is 5.75 Å². The molecule has 0 bridgehead atoms. The van der Waals surface area contributed by atoms with E-state index in [2.05, 4.69) is 25.1 Å². The van der Waals surface area contributed by atoms with Crippen LogP contribution < -0.4 is 4.74 Å². The number of aryl methyl sites for hydroxylation is 1. The molecule has 3 aliphatic rings. The third-order valence-corrected chi connectivity index (χ3v) is 6.72. The van der Waals surface area contributed by atoms with E-state index in [1.165, 1.54) is 18.4 Å². The molecule has 118 valence electrons. The quantitative estimate of drug-likeness (QED) is 0.803. The van der Waals surface area contributed by atoms with Crippen molar-refractivity contribution in [1.29, 1.82) is 0 Å². The normalized spacial score (nSPS) is 36.5. The van der Waals surface area contributed by atoms with Crippen molar-refractivity contribution in [2.24, 2.45) is 17.3 Å². The Morgan fingerprint density at radius 3 is 2.91 bits per heavy atom. The summed E-state index contributed by atoms with van der Waals surface area (Å²) in [5.74, 6) is 3.56. The molecule has 22 heavy (non-hydrogen) atoms. The number of carbonyl (C=O) groups excluding carboxylic acids is 1. The van der Waals surface area contributed by atoms with Crippen LogP contribution in [0.3, 0.4) is 0 Å².